The molecule has 1 atom stereocenters. The molecule has 0 spiro atoms. The van der Waals surface area contributed by atoms with E-state index >= 15 is 0 Å². The van der Waals surface area contributed by atoms with Crippen LogP contribution in [0.1, 0.15) is 36.3 Å². The fourth-order valence-corrected chi connectivity index (χ4v) is 2.96. The number of amides is 3. The predicted molar refractivity (Wildman–Crippen MR) is 83.6 cm³/mol. The highest BCUT2D eigenvalue weighted by molar-refractivity contribution is 6.05. The molecule has 1 aliphatic carbocycles. The maximum Gasteiger partial charge on any atom is 0.249 e. The summed E-state index contributed by atoms with van der Waals surface area (Å²) in [7, 11) is 1.61. The summed E-state index contributed by atoms with van der Waals surface area (Å²) < 4.78 is 5.22. The molecule has 2 rings (SSSR count). The van der Waals surface area contributed by atoms with Gasteiger partial charge in [-0.05, 0) is 48.4 Å². The van der Waals surface area contributed by atoms with E-state index in [1.54, 1.807) is 7.11 Å². The Morgan fingerprint density at radius 1 is 1.30 bits per heavy atom. The Morgan fingerprint density at radius 3 is 2.61 bits per heavy atom. The van der Waals surface area contributed by atoms with Crippen LogP contribution >= 0.6 is 0 Å². The maximum atomic E-state index is 12.1. The molecule has 1 aromatic carbocycles. The van der Waals surface area contributed by atoms with E-state index in [2.05, 4.69) is 5.32 Å². The Balaban J connectivity index is 2.08. The van der Waals surface area contributed by atoms with Crippen molar-refractivity contribution in [3.05, 3.63) is 29.3 Å². The second-order valence-corrected chi connectivity index (χ2v) is 5.66. The van der Waals surface area contributed by atoms with Gasteiger partial charge < -0.3 is 21.5 Å². The van der Waals surface area contributed by atoms with Crippen LogP contribution in [0.5, 0.6) is 5.75 Å². The first-order valence-corrected chi connectivity index (χ1v) is 7.47. The van der Waals surface area contributed by atoms with E-state index in [0.29, 0.717) is 0 Å². The second-order valence-electron chi connectivity index (χ2n) is 5.66. The lowest BCUT2D eigenvalue weighted by Gasteiger charge is -2.26. The van der Waals surface area contributed by atoms with Crippen molar-refractivity contribution in [2.75, 3.05) is 7.11 Å². The van der Waals surface area contributed by atoms with Gasteiger partial charge in [-0.2, -0.15) is 0 Å². The van der Waals surface area contributed by atoms with Crippen molar-refractivity contribution in [1.82, 2.24) is 5.32 Å². The Morgan fingerprint density at radius 2 is 2.00 bits per heavy atom. The van der Waals surface area contributed by atoms with Gasteiger partial charge in [0.2, 0.25) is 17.7 Å². The van der Waals surface area contributed by atoms with Gasteiger partial charge in [-0.25, -0.2) is 0 Å². The number of primary amides is 2. The van der Waals surface area contributed by atoms with Crippen molar-refractivity contribution in [2.24, 2.45) is 11.5 Å². The molecule has 0 heterocycles. The average molecular weight is 319 g/mol. The summed E-state index contributed by atoms with van der Waals surface area (Å²) >= 11 is 0. The molecule has 5 N–H and O–H groups in total. The second kappa shape index (κ2) is 7.13. The zero-order valence-corrected chi connectivity index (χ0v) is 13.0. The molecule has 0 aliphatic heterocycles. The largest absolute Gasteiger partial charge is 0.497 e. The fraction of sp³-hybridized carbons (Fsp3) is 0.438. The number of carbonyl (C=O) groups is 3. The summed E-state index contributed by atoms with van der Waals surface area (Å²) in [6.07, 6.45) is 2.95. The van der Waals surface area contributed by atoms with Crippen molar-refractivity contribution in [2.45, 2.75) is 37.6 Å². The van der Waals surface area contributed by atoms with Crippen LogP contribution in [0.3, 0.4) is 0 Å². The third-order valence-corrected chi connectivity index (χ3v) is 4.09. The molecule has 23 heavy (non-hydrogen) atoms. The van der Waals surface area contributed by atoms with Crippen molar-refractivity contribution in [3.63, 3.8) is 0 Å². The minimum atomic E-state index is -1.47. The van der Waals surface area contributed by atoms with Crippen molar-refractivity contribution in [1.29, 1.82) is 0 Å². The number of carbonyl (C=O) groups excluding carboxylic acids is 3. The normalized spacial score (nSPS) is 16.5. The fourth-order valence-electron chi connectivity index (χ4n) is 2.96. The van der Waals surface area contributed by atoms with Crippen LogP contribution in [-0.4, -0.2) is 30.9 Å². The maximum absolute atomic E-state index is 12.1. The molecule has 0 saturated heterocycles. The number of methoxy groups -OCH3 is 1. The highest BCUT2D eigenvalue weighted by Gasteiger charge is 2.27. The third kappa shape index (κ3) is 4.00. The molecule has 0 unspecified atom stereocenters. The first-order valence-electron chi connectivity index (χ1n) is 7.47. The Hall–Kier alpha value is -2.57. The Kier molecular flexibility index (Phi) is 5.20. The van der Waals surface area contributed by atoms with E-state index in [1.165, 1.54) is 0 Å². The minimum absolute atomic E-state index is 0.0334. The van der Waals surface area contributed by atoms with E-state index in [0.717, 1.165) is 36.1 Å². The zero-order chi connectivity index (χ0) is 17.0. The summed E-state index contributed by atoms with van der Waals surface area (Å²) in [5.74, 6) is -1.51. The minimum Gasteiger partial charge on any atom is -0.497 e. The SMILES string of the molecule is COc1ccc2c(c1)CCC[C@@H]2CC(=O)NC(C(N)=O)C(N)=O. The van der Waals surface area contributed by atoms with Crippen molar-refractivity contribution < 1.29 is 19.1 Å². The summed E-state index contributed by atoms with van der Waals surface area (Å²) in [4.78, 5) is 34.4. The van der Waals surface area contributed by atoms with Crippen molar-refractivity contribution in [3.8, 4) is 5.75 Å². The predicted octanol–water partition coefficient (Wildman–Crippen LogP) is -0.0394. The molecule has 0 bridgehead atoms. The zero-order valence-electron chi connectivity index (χ0n) is 13.0. The molecule has 0 saturated carbocycles. The molecule has 124 valence electrons. The number of ether oxygens (including phenoxy) is 1. The van der Waals surface area contributed by atoms with Gasteiger partial charge >= 0.3 is 0 Å². The quantitative estimate of drug-likeness (QED) is 0.636. The van der Waals surface area contributed by atoms with Crippen LogP contribution in [0.2, 0.25) is 0 Å². The van der Waals surface area contributed by atoms with E-state index in [1.807, 2.05) is 18.2 Å². The Bertz CT molecular complexity index is 616. The number of rotatable bonds is 6. The van der Waals surface area contributed by atoms with Crippen LogP contribution < -0.4 is 21.5 Å². The smallest absolute Gasteiger partial charge is 0.249 e. The molecule has 1 aliphatic rings. The van der Waals surface area contributed by atoms with Gasteiger partial charge in [0.25, 0.3) is 0 Å². The Labute approximate surface area is 134 Å². The highest BCUT2D eigenvalue weighted by atomic mass is 16.5. The van der Waals surface area contributed by atoms with Gasteiger partial charge in [-0.1, -0.05) is 6.07 Å². The molecule has 7 nitrogen and oxygen atoms in total. The average Bonchev–Trinajstić information content (AvgIpc) is 2.51. The van der Waals surface area contributed by atoms with Gasteiger partial charge in [0, 0.05) is 6.42 Å². The standard InChI is InChI=1S/C16H21N3O4/c1-23-11-5-6-12-9(7-11)3-2-4-10(12)8-13(20)19-14(15(17)21)16(18)22/h5-7,10,14H,2-4,8H2,1H3,(H2,17,21)(H2,18,22)(H,19,20)/t10-/m1/s1. The van der Waals surface area contributed by atoms with E-state index in [-0.39, 0.29) is 12.3 Å². The van der Waals surface area contributed by atoms with Crippen LogP contribution in [0.15, 0.2) is 18.2 Å². The number of benzene rings is 1. The monoisotopic (exact) mass is 319 g/mol. The summed E-state index contributed by atoms with van der Waals surface area (Å²) in [6.45, 7) is 0. The number of nitrogens with two attached hydrogens (primary N) is 2. The number of aryl methyl sites for hydroxylation is 1. The van der Waals surface area contributed by atoms with E-state index in [4.69, 9.17) is 16.2 Å². The topological polar surface area (TPSA) is 125 Å². The number of hydrogen-bond donors (Lipinski definition) is 3. The summed E-state index contributed by atoms with van der Waals surface area (Å²) in [6, 6.07) is 4.34. The van der Waals surface area contributed by atoms with Crippen LogP contribution in [0, 0.1) is 0 Å². The van der Waals surface area contributed by atoms with E-state index < -0.39 is 23.8 Å². The molecule has 7 heteroatoms. The molecule has 0 fully saturated rings. The molecular formula is C16H21N3O4. The lowest BCUT2D eigenvalue weighted by atomic mass is 9.81. The van der Waals surface area contributed by atoms with Gasteiger partial charge in [0.05, 0.1) is 7.11 Å². The summed E-state index contributed by atoms with van der Waals surface area (Å²) in [5.41, 5.74) is 12.4. The summed E-state index contributed by atoms with van der Waals surface area (Å²) in [5, 5.41) is 2.30. The van der Waals surface area contributed by atoms with Gasteiger partial charge in [0.1, 0.15) is 5.75 Å². The number of hydrogen-bond acceptors (Lipinski definition) is 4. The lowest BCUT2D eigenvalue weighted by molar-refractivity contribution is -0.134. The van der Waals surface area contributed by atoms with Crippen molar-refractivity contribution >= 4 is 17.7 Å². The van der Waals surface area contributed by atoms with Crippen LogP contribution in [0.4, 0.5) is 0 Å². The van der Waals surface area contributed by atoms with Crippen LogP contribution in [0.25, 0.3) is 0 Å². The molecule has 3 amide bonds. The third-order valence-electron chi connectivity index (χ3n) is 4.09. The highest BCUT2D eigenvalue weighted by Crippen LogP contribution is 2.35. The molecule has 0 aromatic heterocycles. The molecule has 0 radical (unpaired) electrons. The first kappa shape index (κ1) is 16.8. The van der Waals surface area contributed by atoms with Gasteiger partial charge in [-0.3, -0.25) is 14.4 Å². The van der Waals surface area contributed by atoms with Gasteiger partial charge in [-0.15, -0.1) is 0 Å². The number of fused-ring (bicyclic) bond motifs is 1. The molecule has 1 aromatic rings. The lowest BCUT2D eigenvalue weighted by Crippen LogP contribution is -2.52. The first-order chi connectivity index (χ1) is 10.9. The van der Waals surface area contributed by atoms with Gasteiger partial charge in [0.15, 0.2) is 6.04 Å². The van der Waals surface area contributed by atoms with Crippen LogP contribution in [-0.2, 0) is 20.8 Å². The number of nitrogens with one attached hydrogen (secondary N) is 1. The molecular weight excluding hydrogens is 298 g/mol. The van der Waals surface area contributed by atoms with E-state index in [9.17, 15) is 14.4 Å².